The van der Waals surface area contributed by atoms with E-state index < -0.39 is 5.97 Å². The molecule has 19 heavy (non-hydrogen) atoms. The summed E-state index contributed by atoms with van der Waals surface area (Å²) in [4.78, 5) is 36.0. The normalized spacial score (nSPS) is 29.9. The lowest BCUT2D eigenvalue weighted by molar-refractivity contribution is -0.141. The Bertz CT molecular complexity index is 369. The number of likely N-dealkylation sites (tertiary alicyclic amines) is 1. The van der Waals surface area contributed by atoms with Crippen molar-refractivity contribution in [1.82, 2.24) is 4.90 Å². The number of carboxylic acid groups (broad SMARTS) is 1. The van der Waals surface area contributed by atoms with Gasteiger partial charge in [-0.3, -0.25) is 19.3 Å². The first-order valence-electron chi connectivity index (χ1n) is 7.07. The highest BCUT2D eigenvalue weighted by Gasteiger charge is 2.51. The van der Waals surface area contributed by atoms with Crippen LogP contribution in [0.5, 0.6) is 0 Å². The van der Waals surface area contributed by atoms with Gasteiger partial charge in [-0.05, 0) is 31.6 Å². The van der Waals surface area contributed by atoms with Crippen LogP contribution in [0, 0.1) is 17.8 Å². The minimum Gasteiger partial charge on any atom is -0.481 e. The molecule has 1 heterocycles. The zero-order chi connectivity index (χ0) is 14.0. The fourth-order valence-electron chi connectivity index (χ4n) is 3.29. The third kappa shape index (κ3) is 2.96. The molecule has 1 N–H and O–H groups in total. The van der Waals surface area contributed by atoms with Gasteiger partial charge in [0.15, 0.2) is 0 Å². The molecule has 2 fully saturated rings. The molecule has 1 aliphatic heterocycles. The predicted octanol–water partition coefficient (Wildman–Crippen LogP) is 1.66. The van der Waals surface area contributed by atoms with Gasteiger partial charge in [0.2, 0.25) is 11.8 Å². The Labute approximate surface area is 113 Å². The molecule has 1 saturated heterocycles. The highest BCUT2D eigenvalue weighted by atomic mass is 16.4. The maximum Gasteiger partial charge on any atom is 0.303 e. The maximum atomic E-state index is 12.1. The number of amides is 2. The second kappa shape index (κ2) is 5.72. The summed E-state index contributed by atoms with van der Waals surface area (Å²) in [6.45, 7) is 2.55. The number of hydrogen-bond acceptors (Lipinski definition) is 3. The number of hydrogen-bond donors (Lipinski definition) is 1. The zero-order valence-electron chi connectivity index (χ0n) is 11.3. The van der Waals surface area contributed by atoms with E-state index in [4.69, 9.17) is 5.11 Å². The molecule has 2 atom stereocenters. The van der Waals surface area contributed by atoms with Crippen molar-refractivity contribution < 1.29 is 19.5 Å². The summed E-state index contributed by atoms with van der Waals surface area (Å²) in [6.07, 6.45) is 3.89. The molecule has 0 aromatic carbocycles. The van der Waals surface area contributed by atoms with Gasteiger partial charge in [0, 0.05) is 13.0 Å². The summed E-state index contributed by atoms with van der Waals surface area (Å²) in [7, 11) is 0. The predicted molar refractivity (Wildman–Crippen MR) is 68.2 cm³/mol. The van der Waals surface area contributed by atoms with E-state index in [2.05, 4.69) is 6.92 Å². The van der Waals surface area contributed by atoms with E-state index in [1.807, 2.05) is 0 Å². The molecular formula is C14H21NO4. The van der Waals surface area contributed by atoms with Gasteiger partial charge in [0.05, 0.1) is 11.8 Å². The molecule has 5 nitrogen and oxygen atoms in total. The topological polar surface area (TPSA) is 74.7 Å². The SMILES string of the molecule is CC1CC2C(=O)N(CCCCCC(=O)O)C(=O)C2C1. The van der Waals surface area contributed by atoms with E-state index in [-0.39, 0.29) is 30.1 Å². The quantitative estimate of drug-likeness (QED) is 0.586. The Hall–Kier alpha value is -1.39. The van der Waals surface area contributed by atoms with Crippen LogP contribution in [0.25, 0.3) is 0 Å². The first-order chi connectivity index (χ1) is 9.00. The number of unbranched alkanes of at least 4 members (excludes halogenated alkanes) is 2. The molecule has 2 unspecified atom stereocenters. The lowest BCUT2D eigenvalue weighted by Crippen LogP contribution is -2.33. The van der Waals surface area contributed by atoms with Crippen molar-refractivity contribution in [3.8, 4) is 0 Å². The van der Waals surface area contributed by atoms with Crippen LogP contribution in [0.4, 0.5) is 0 Å². The minimum atomic E-state index is -0.795. The van der Waals surface area contributed by atoms with Crippen LogP contribution in [0.15, 0.2) is 0 Å². The number of carboxylic acids is 1. The Kier molecular flexibility index (Phi) is 4.22. The van der Waals surface area contributed by atoms with Crippen LogP contribution in [0.1, 0.15) is 45.4 Å². The van der Waals surface area contributed by atoms with Crippen LogP contribution < -0.4 is 0 Å². The Morgan fingerprint density at radius 1 is 1.16 bits per heavy atom. The third-order valence-corrected chi connectivity index (χ3v) is 4.24. The molecule has 0 aromatic heterocycles. The van der Waals surface area contributed by atoms with Crippen LogP contribution in [-0.4, -0.2) is 34.3 Å². The fourth-order valence-corrected chi connectivity index (χ4v) is 3.29. The molecule has 2 aliphatic rings. The summed E-state index contributed by atoms with van der Waals surface area (Å²) in [5, 5.41) is 8.52. The smallest absolute Gasteiger partial charge is 0.303 e. The van der Waals surface area contributed by atoms with E-state index in [1.165, 1.54) is 4.90 Å². The molecule has 1 saturated carbocycles. The highest BCUT2D eigenvalue weighted by Crippen LogP contribution is 2.42. The van der Waals surface area contributed by atoms with E-state index in [0.29, 0.717) is 25.3 Å². The number of fused-ring (bicyclic) bond motifs is 1. The number of nitrogens with zero attached hydrogens (tertiary/aromatic N) is 1. The lowest BCUT2D eigenvalue weighted by atomic mass is 10.00. The molecule has 2 rings (SSSR count). The summed E-state index contributed by atoms with van der Waals surface area (Å²) in [5.41, 5.74) is 0. The average molecular weight is 267 g/mol. The molecule has 106 valence electrons. The second-order valence-electron chi connectivity index (χ2n) is 5.82. The summed E-state index contributed by atoms with van der Waals surface area (Å²) in [6, 6.07) is 0. The number of rotatable bonds is 6. The highest BCUT2D eigenvalue weighted by molar-refractivity contribution is 6.05. The Morgan fingerprint density at radius 2 is 1.74 bits per heavy atom. The first kappa shape index (κ1) is 14.0. The monoisotopic (exact) mass is 267 g/mol. The van der Waals surface area contributed by atoms with Gasteiger partial charge < -0.3 is 5.11 Å². The van der Waals surface area contributed by atoms with Crippen molar-refractivity contribution in [2.24, 2.45) is 17.8 Å². The van der Waals surface area contributed by atoms with Gasteiger partial charge in [-0.1, -0.05) is 13.3 Å². The van der Waals surface area contributed by atoms with Crippen LogP contribution >= 0.6 is 0 Å². The number of imide groups is 1. The second-order valence-corrected chi connectivity index (χ2v) is 5.82. The van der Waals surface area contributed by atoms with E-state index in [1.54, 1.807) is 0 Å². The van der Waals surface area contributed by atoms with Crippen molar-refractivity contribution in [3.05, 3.63) is 0 Å². The Balaban J connectivity index is 1.78. The summed E-state index contributed by atoms with van der Waals surface area (Å²) < 4.78 is 0. The van der Waals surface area contributed by atoms with Crippen molar-refractivity contribution >= 4 is 17.8 Å². The van der Waals surface area contributed by atoms with Crippen LogP contribution in [-0.2, 0) is 14.4 Å². The molecule has 0 radical (unpaired) electrons. The van der Waals surface area contributed by atoms with Crippen molar-refractivity contribution in [2.75, 3.05) is 6.54 Å². The van der Waals surface area contributed by atoms with Crippen LogP contribution in [0.2, 0.25) is 0 Å². The Morgan fingerprint density at radius 3 is 2.26 bits per heavy atom. The summed E-state index contributed by atoms with van der Waals surface area (Å²) in [5.74, 6) is -0.490. The van der Waals surface area contributed by atoms with E-state index in [9.17, 15) is 14.4 Å². The maximum absolute atomic E-state index is 12.1. The van der Waals surface area contributed by atoms with Crippen molar-refractivity contribution in [3.63, 3.8) is 0 Å². The largest absolute Gasteiger partial charge is 0.481 e. The molecule has 0 spiro atoms. The van der Waals surface area contributed by atoms with Crippen LogP contribution in [0.3, 0.4) is 0 Å². The van der Waals surface area contributed by atoms with Gasteiger partial charge in [0.1, 0.15) is 0 Å². The lowest BCUT2D eigenvalue weighted by Gasteiger charge is -2.16. The number of carbonyl (C=O) groups is 3. The molecule has 0 aromatic rings. The standard InChI is InChI=1S/C14H21NO4/c1-9-7-10-11(8-9)14(19)15(13(10)18)6-4-2-3-5-12(16)17/h9-11H,2-8H2,1H3,(H,16,17). The van der Waals surface area contributed by atoms with E-state index in [0.717, 1.165) is 19.3 Å². The van der Waals surface area contributed by atoms with Crippen molar-refractivity contribution in [1.29, 1.82) is 0 Å². The van der Waals surface area contributed by atoms with Gasteiger partial charge in [-0.25, -0.2) is 0 Å². The first-order valence-corrected chi connectivity index (χ1v) is 7.07. The molecular weight excluding hydrogens is 246 g/mol. The molecule has 5 heteroatoms. The molecule has 2 amide bonds. The van der Waals surface area contributed by atoms with Crippen molar-refractivity contribution in [2.45, 2.75) is 45.4 Å². The third-order valence-electron chi connectivity index (χ3n) is 4.24. The van der Waals surface area contributed by atoms with Gasteiger partial charge in [-0.15, -0.1) is 0 Å². The van der Waals surface area contributed by atoms with E-state index >= 15 is 0 Å². The minimum absolute atomic E-state index is 0.00224. The van der Waals surface area contributed by atoms with Gasteiger partial charge in [-0.2, -0.15) is 0 Å². The summed E-state index contributed by atoms with van der Waals surface area (Å²) >= 11 is 0. The van der Waals surface area contributed by atoms with Gasteiger partial charge in [0.25, 0.3) is 0 Å². The van der Waals surface area contributed by atoms with Gasteiger partial charge >= 0.3 is 5.97 Å². The zero-order valence-corrected chi connectivity index (χ0v) is 11.3. The average Bonchev–Trinajstić information content (AvgIpc) is 2.81. The molecule has 0 bridgehead atoms. The fraction of sp³-hybridized carbons (Fsp3) is 0.786. The number of carbonyl (C=O) groups excluding carboxylic acids is 2. The molecule has 1 aliphatic carbocycles. The number of aliphatic carboxylic acids is 1.